The summed E-state index contributed by atoms with van der Waals surface area (Å²) in [5.41, 5.74) is 0.852. The van der Waals surface area contributed by atoms with Crippen LogP contribution in [0.3, 0.4) is 0 Å². The molecule has 0 saturated heterocycles. The molecule has 7 heteroatoms. The Morgan fingerprint density at radius 2 is 2.00 bits per heavy atom. The molecule has 0 atom stereocenters. The van der Waals surface area contributed by atoms with Gasteiger partial charge in [0.15, 0.2) is 17.1 Å². The Labute approximate surface area is 113 Å². The maximum atomic E-state index is 12.2. The van der Waals surface area contributed by atoms with Crippen molar-refractivity contribution < 1.29 is 4.79 Å². The summed E-state index contributed by atoms with van der Waals surface area (Å²) in [6.07, 6.45) is 1.51. The number of carbonyl (C=O) groups is 1. The highest BCUT2D eigenvalue weighted by molar-refractivity contribution is 6.00. The first kappa shape index (κ1) is 12.2. The lowest BCUT2D eigenvalue weighted by Crippen LogP contribution is -2.27. The molecular weight excluding hydrogens is 258 g/mol. The highest BCUT2D eigenvalue weighted by atomic mass is 16.2. The van der Waals surface area contributed by atoms with Gasteiger partial charge in [-0.3, -0.25) is 4.79 Å². The van der Waals surface area contributed by atoms with Crippen LogP contribution in [0, 0.1) is 0 Å². The summed E-state index contributed by atoms with van der Waals surface area (Å²) in [6, 6.07) is 9.34. The summed E-state index contributed by atoms with van der Waals surface area (Å²) in [6.45, 7) is 0. The van der Waals surface area contributed by atoms with Gasteiger partial charge in [-0.1, -0.05) is 35.5 Å². The molecule has 0 unspecified atom stereocenters. The van der Waals surface area contributed by atoms with Crippen molar-refractivity contribution in [3.8, 4) is 0 Å². The average Bonchev–Trinajstić information content (AvgIpc) is 2.89. The summed E-state index contributed by atoms with van der Waals surface area (Å²) in [5, 5.41) is 7.53. The molecule has 2 aromatic heterocycles. The number of rotatable bonds is 3. The van der Waals surface area contributed by atoms with Crippen LogP contribution in [0.15, 0.2) is 41.5 Å². The van der Waals surface area contributed by atoms with E-state index in [1.165, 1.54) is 17.8 Å². The SMILES string of the molecule is Cn1nnc2c(C(=O)Cc3ccccc3)ncn2c1=O. The van der Waals surface area contributed by atoms with E-state index in [-0.39, 0.29) is 29.2 Å². The molecule has 0 aliphatic heterocycles. The van der Waals surface area contributed by atoms with Crippen molar-refractivity contribution in [1.29, 1.82) is 0 Å². The number of ketones is 1. The predicted molar refractivity (Wildman–Crippen MR) is 70.5 cm³/mol. The minimum atomic E-state index is -0.388. The van der Waals surface area contributed by atoms with E-state index >= 15 is 0 Å². The van der Waals surface area contributed by atoms with Gasteiger partial charge in [-0.05, 0) is 5.56 Å². The fourth-order valence-electron chi connectivity index (χ4n) is 1.94. The number of hydrogen-bond donors (Lipinski definition) is 0. The number of imidazole rings is 1. The Bertz CT molecular complexity index is 835. The van der Waals surface area contributed by atoms with E-state index in [9.17, 15) is 9.59 Å². The summed E-state index contributed by atoms with van der Waals surface area (Å²) in [5.74, 6) is -0.193. The van der Waals surface area contributed by atoms with Crippen LogP contribution in [0.1, 0.15) is 16.1 Å². The highest BCUT2D eigenvalue weighted by Gasteiger charge is 2.17. The number of nitrogens with zero attached hydrogens (tertiary/aromatic N) is 5. The van der Waals surface area contributed by atoms with E-state index < -0.39 is 0 Å². The zero-order valence-electron chi connectivity index (χ0n) is 10.7. The van der Waals surface area contributed by atoms with Gasteiger partial charge in [0.25, 0.3) is 0 Å². The quantitative estimate of drug-likeness (QED) is 0.636. The molecule has 0 radical (unpaired) electrons. The second-order valence-electron chi connectivity index (χ2n) is 4.37. The molecule has 3 rings (SSSR count). The first-order valence-corrected chi connectivity index (χ1v) is 6.01. The van der Waals surface area contributed by atoms with Gasteiger partial charge in [0.2, 0.25) is 0 Å². The minimum Gasteiger partial charge on any atom is -0.292 e. The van der Waals surface area contributed by atoms with Gasteiger partial charge in [-0.15, -0.1) is 5.10 Å². The third-order valence-corrected chi connectivity index (χ3v) is 2.97. The van der Waals surface area contributed by atoms with Crippen LogP contribution in [0.25, 0.3) is 5.65 Å². The Morgan fingerprint density at radius 1 is 1.25 bits per heavy atom. The predicted octanol–water partition coefficient (Wildman–Crippen LogP) is 0.248. The average molecular weight is 269 g/mol. The van der Waals surface area contributed by atoms with E-state index in [1.54, 1.807) is 0 Å². The van der Waals surface area contributed by atoms with Gasteiger partial charge in [0.05, 0.1) is 0 Å². The maximum Gasteiger partial charge on any atom is 0.352 e. The third kappa shape index (κ3) is 1.99. The first-order valence-electron chi connectivity index (χ1n) is 6.01. The number of carbonyl (C=O) groups excluding carboxylic acids is 1. The second-order valence-corrected chi connectivity index (χ2v) is 4.37. The monoisotopic (exact) mass is 269 g/mol. The molecule has 1 aromatic carbocycles. The van der Waals surface area contributed by atoms with Crippen molar-refractivity contribution in [3.05, 3.63) is 58.4 Å². The lowest BCUT2D eigenvalue weighted by molar-refractivity contribution is 0.0990. The summed E-state index contributed by atoms with van der Waals surface area (Å²) in [7, 11) is 1.49. The van der Waals surface area contributed by atoms with Crippen molar-refractivity contribution in [2.45, 2.75) is 6.42 Å². The zero-order chi connectivity index (χ0) is 14.1. The zero-order valence-corrected chi connectivity index (χ0v) is 10.7. The molecule has 0 bridgehead atoms. The molecule has 0 aliphatic carbocycles. The topological polar surface area (TPSA) is 82.2 Å². The minimum absolute atomic E-state index is 0.166. The Hall–Kier alpha value is -2.83. The molecule has 20 heavy (non-hydrogen) atoms. The lowest BCUT2D eigenvalue weighted by Gasteiger charge is -1.99. The van der Waals surface area contributed by atoms with Crippen LogP contribution in [-0.2, 0) is 13.5 Å². The standard InChI is InChI=1S/C13H11N5O2/c1-17-13(20)18-8-14-11(12(18)15-16-17)10(19)7-9-5-3-2-4-6-9/h2-6,8H,7H2,1H3. The third-order valence-electron chi connectivity index (χ3n) is 2.97. The molecule has 3 aromatic rings. The van der Waals surface area contributed by atoms with Crippen LogP contribution in [-0.4, -0.2) is 30.2 Å². The van der Waals surface area contributed by atoms with E-state index in [1.807, 2.05) is 30.3 Å². The molecular formula is C13H11N5O2. The van der Waals surface area contributed by atoms with Gasteiger partial charge in [-0.2, -0.15) is 4.68 Å². The van der Waals surface area contributed by atoms with E-state index in [2.05, 4.69) is 15.3 Å². The molecule has 0 aliphatic rings. The molecule has 100 valence electrons. The smallest absolute Gasteiger partial charge is 0.292 e. The summed E-state index contributed by atoms with van der Waals surface area (Å²) < 4.78 is 2.30. The summed E-state index contributed by atoms with van der Waals surface area (Å²) >= 11 is 0. The largest absolute Gasteiger partial charge is 0.352 e. The van der Waals surface area contributed by atoms with Crippen molar-refractivity contribution in [1.82, 2.24) is 24.4 Å². The Morgan fingerprint density at radius 3 is 2.75 bits per heavy atom. The number of aromatic nitrogens is 5. The molecule has 0 N–H and O–H groups in total. The van der Waals surface area contributed by atoms with Gasteiger partial charge < -0.3 is 0 Å². The molecule has 7 nitrogen and oxygen atoms in total. The first-order chi connectivity index (χ1) is 9.66. The van der Waals surface area contributed by atoms with Gasteiger partial charge >= 0.3 is 5.69 Å². The Kier molecular flexibility index (Phi) is 2.86. The summed E-state index contributed by atoms with van der Waals surface area (Å²) in [4.78, 5) is 28.0. The number of Topliss-reactive ketones (excluding diaryl/α,β-unsaturated/α-hetero) is 1. The second kappa shape index (κ2) is 4.69. The van der Waals surface area contributed by atoms with Gasteiger partial charge in [0.1, 0.15) is 6.33 Å². The normalized spacial score (nSPS) is 10.8. The van der Waals surface area contributed by atoms with Crippen LogP contribution in [0.5, 0.6) is 0 Å². The fourth-order valence-corrected chi connectivity index (χ4v) is 1.94. The van der Waals surface area contributed by atoms with Gasteiger partial charge in [-0.25, -0.2) is 14.2 Å². The molecule has 0 amide bonds. The molecule has 0 fully saturated rings. The van der Waals surface area contributed by atoms with Crippen LogP contribution < -0.4 is 5.69 Å². The van der Waals surface area contributed by atoms with E-state index in [0.717, 1.165) is 10.2 Å². The van der Waals surface area contributed by atoms with Gasteiger partial charge in [0, 0.05) is 13.5 Å². The van der Waals surface area contributed by atoms with Crippen molar-refractivity contribution in [2.24, 2.45) is 7.05 Å². The van der Waals surface area contributed by atoms with Crippen molar-refractivity contribution in [3.63, 3.8) is 0 Å². The highest BCUT2D eigenvalue weighted by Crippen LogP contribution is 2.09. The number of benzene rings is 1. The molecule has 0 spiro atoms. The maximum absolute atomic E-state index is 12.2. The van der Waals surface area contributed by atoms with E-state index in [0.29, 0.717) is 0 Å². The lowest BCUT2D eigenvalue weighted by atomic mass is 10.1. The van der Waals surface area contributed by atoms with Crippen LogP contribution in [0.2, 0.25) is 0 Å². The number of hydrogen-bond acceptors (Lipinski definition) is 5. The van der Waals surface area contributed by atoms with Crippen LogP contribution >= 0.6 is 0 Å². The molecule has 2 heterocycles. The molecule has 0 saturated carbocycles. The van der Waals surface area contributed by atoms with Crippen molar-refractivity contribution >= 4 is 11.4 Å². The van der Waals surface area contributed by atoms with Crippen molar-refractivity contribution in [2.75, 3.05) is 0 Å². The van der Waals surface area contributed by atoms with E-state index in [4.69, 9.17) is 0 Å². The number of fused-ring (bicyclic) bond motifs is 1. The van der Waals surface area contributed by atoms with Crippen LogP contribution in [0.4, 0.5) is 0 Å². The Balaban J connectivity index is 2.01. The fraction of sp³-hybridized carbons (Fsp3) is 0.154. The number of aryl methyl sites for hydroxylation is 1.